The summed E-state index contributed by atoms with van der Waals surface area (Å²) in [5, 5.41) is 17.4. The topological polar surface area (TPSA) is 71.2 Å². The molecule has 0 spiro atoms. The van der Waals surface area contributed by atoms with Gasteiger partial charge in [0.2, 0.25) is 0 Å². The van der Waals surface area contributed by atoms with E-state index in [9.17, 15) is 5.11 Å². The van der Waals surface area contributed by atoms with Gasteiger partial charge in [0.15, 0.2) is 0 Å². The molecule has 1 fully saturated rings. The van der Waals surface area contributed by atoms with Crippen LogP contribution in [-0.4, -0.2) is 16.1 Å². The van der Waals surface area contributed by atoms with Gasteiger partial charge >= 0.3 is 0 Å². The quantitative estimate of drug-likeness (QED) is 0.224. The molecule has 1 aliphatic carbocycles. The Morgan fingerprint density at radius 3 is 2.49 bits per heavy atom. The second kappa shape index (κ2) is 12.9. The van der Waals surface area contributed by atoms with Crippen LogP contribution in [0, 0.1) is 0 Å². The Kier molecular flexibility index (Phi) is 10.2. The highest BCUT2D eigenvalue weighted by Gasteiger charge is 2.19. The van der Waals surface area contributed by atoms with Crippen LogP contribution in [0.4, 0.5) is 0 Å². The van der Waals surface area contributed by atoms with Crippen LogP contribution < -0.4 is 9.86 Å². The van der Waals surface area contributed by atoms with Crippen molar-refractivity contribution in [3.05, 3.63) is 87.9 Å². The smallest absolute Gasteiger partial charge is 0.0841 e. The Hall–Kier alpha value is -1.93. The number of thiophene rings is 1. The summed E-state index contributed by atoms with van der Waals surface area (Å²) < 4.78 is 4.22. The molecule has 0 amide bonds. The van der Waals surface area contributed by atoms with E-state index >= 15 is 0 Å². The predicted octanol–water partition coefficient (Wildman–Crippen LogP) is 7.72. The van der Waals surface area contributed by atoms with Crippen LogP contribution in [0.5, 0.6) is 0 Å². The number of hydrogen-bond acceptors (Lipinski definition) is 6. The maximum absolute atomic E-state index is 10.3. The highest BCUT2D eigenvalue weighted by molar-refractivity contribution is 7.95. The van der Waals surface area contributed by atoms with Crippen molar-refractivity contribution < 1.29 is 5.11 Å². The molecule has 2 aromatic heterocycles. The standard InChI is InChI=1S/C23H20ClNOS.C3H8N2S.C2H6/c1-23(2,26)17-10-11-25-21(14-17)19-8-5-7-16-13-18(27-22(16)19)12-15-6-3-4-9-20(15)24;4-6-5-3-1-2-3;1-2/h3-11,13-14,26H,12H2,1-2H3;3,5H,1-2,4H2;1-2H3. The maximum Gasteiger partial charge on any atom is 0.0841 e. The van der Waals surface area contributed by atoms with E-state index in [1.54, 1.807) is 31.4 Å². The fourth-order valence-electron chi connectivity index (χ4n) is 3.49. The van der Waals surface area contributed by atoms with Crippen molar-refractivity contribution in [1.29, 1.82) is 0 Å². The zero-order valence-electron chi connectivity index (χ0n) is 20.7. The summed E-state index contributed by atoms with van der Waals surface area (Å²) in [6.45, 7) is 7.58. The van der Waals surface area contributed by atoms with Gasteiger partial charge in [-0.3, -0.25) is 10.1 Å². The molecule has 186 valence electrons. The van der Waals surface area contributed by atoms with E-state index in [0.717, 1.165) is 39.9 Å². The molecule has 4 N–H and O–H groups in total. The first-order valence-corrected chi connectivity index (χ1v) is 14.0. The molecule has 0 unspecified atom stereocenters. The number of pyridine rings is 1. The fourth-order valence-corrected chi connectivity index (χ4v) is 5.32. The van der Waals surface area contributed by atoms with Crippen LogP contribution in [-0.2, 0) is 12.0 Å². The third-order valence-electron chi connectivity index (χ3n) is 5.47. The first-order chi connectivity index (χ1) is 16.8. The second-order valence-corrected chi connectivity index (χ2v) is 10.7. The van der Waals surface area contributed by atoms with Gasteiger partial charge in [0, 0.05) is 51.0 Å². The number of nitrogens with zero attached hydrogens (tertiary/aromatic N) is 1. The number of aliphatic hydroxyl groups is 1. The highest BCUT2D eigenvalue weighted by atomic mass is 35.5. The van der Waals surface area contributed by atoms with E-state index in [0.29, 0.717) is 0 Å². The average molecular weight is 528 g/mol. The second-order valence-electron chi connectivity index (χ2n) is 8.70. The number of aromatic nitrogens is 1. The fraction of sp³-hybridized carbons (Fsp3) is 0.321. The van der Waals surface area contributed by atoms with Crippen LogP contribution in [0.15, 0.2) is 66.9 Å². The van der Waals surface area contributed by atoms with Crippen molar-refractivity contribution in [2.24, 2.45) is 5.14 Å². The molecule has 4 aromatic rings. The zero-order valence-corrected chi connectivity index (χ0v) is 23.1. The minimum atomic E-state index is -0.893. The third kappa shape index (κ3) is 7.78. The van der Waals surface area contributed by atoms with Crippen LogP contribution in [0.1, 0.15) is 56.5 Å². The lowest BCUT2D eigenvalue weighted by molar-refractivity contribution is 0.0785. The van der Waals surface area contributed by atoms with Gasteiger partial charge in [-0.2, -0.15) is 0 Å². The molecule has 7 heteroatoms. The van der Waals surface area contributed by atoms with Crippen molar-refractivity contribution in [3.63, 3.8) is 0 Å². The van der Waals surface area contributed by atoms with Gasteiger partial charge in [-0.1, -0.05) is 61.8 Å². The van der Waals surface area contributed by atoms with Crippen molar-refractivity contribution >= 4 is 45.2 Å². The molecule has 0 bridgehead atoms. The van der Waals surface area contributed by atoms with Gasteiger partial charge in [0.1, 0.15) is 0 Å². The van der Waals surface area contributed by atoms with E-state index in [1.165, 1.54) is 39.9 Å². The molecule has 1 saturated carbocycles. The SMILES string of the molecule is CC.CC(C)(O)c1ccnc(-c2cccc3cc(Cc4ccccc4Cl)sc23)c1.NSNC1CC1. The summed E-state index contributed by atoms with van der Waals surface area (Å²) in [5.41, 5.74) is 3.07. The molecule has 2 aromatic carbocycles. The largest absolute Gasteiger partial charge is 0.386 e. The van der Waals surface area contributed by atoms with Crippen molar-refractivity contribution in [2.75, 3.05) is 0 Å². The van der Waals surface area contributed by atoms with Crippen LogP contribution in [0.2, 0.25) is 5.02 Å². The van der Waals surface area contributed by atoms with Crippen molar-refractivity contribution in [1.82, 2.24) is 9.71 Å². The summed E-state index contributed by atoms with van der Waals surface area (Å²) in [4.78, 5) is 5.82. The van der Waals surface area contributed by atoms with E-state index < -0.39 is 5.60 Å². The Balaban J connectivity index is 0.000000369. The van der Waals surface area contributed by atoms with Gasteiger partial charge in [0.25, 0.3) is 0 Å². The number of fused-ring (bicyclic) bond motifs is 1. The Labute approximate surface area is 222 Å². The number of nitrogens with two attached hydrogens (primary N) is 1. The number of benzene rings is 2. The monoisotopic (exact) mass is 527 g/mol. The summed E-state index contributed by atoms with van der Waals surface area (Å²) >= 11 is 9.33. The molecule has 1 aliphatic rings. The first-order valence-electron chi connectivity index (χ1n) is 11.9. The normalized spacial score (nSPS) is 13.0. The number of rotatable bonds is 6. The number of nitrogens with one attached hydrogen (secondary N) is 1. The van der Waals surface area contributed by atoms with Gasteiger partial charge in [-0.25, -0.2) is 4.72 Å². The van der Waals surface area contributed by atoms with Gasteiger partial charge < -0.3 is 5.11 Å². The summed E-state index contributed by atoms with van der Waals surface area (Å²) in [7, 11) is 0. The Bertz CT molecular complexity index is 1230. The maximum atomic E-state index is 10.3. The molecule has 5 rings (SSSR count). The first kappa shape index (κ1) is 27.7. The van der Waals surface area contributed by atoms with Gasteiger partial charge in [-0.15, -0.1) is 11.3 Å². The molecule has 0 atom stereocenters. The Morgan fingerprint density at radius 2 is 1.86 bits per heavy atom. The number of hydrogen-bond donors (Lipinski definition) is 3. The highest BCUT2D eigenvalue weighted by Crippen LogP contribution is 2.36. The molecule has 0 aliphatic heterocycles. The number of halogens is 1. The minimum Gasteiger partial charge on any atom is -0.386 e. The van der Waals surface area contributed by atoms with E-state index in [2.05, 4.69) is 40.0 Å². The molecule has 0 saturated heterocycles. The van der Waals surface area contributed by atoms with Crippen molar-refractivity contribution in [2.45, 2.75) is 58.6 Å². The summed E-state index contributed by atoms with van der Waals surface area (Å²) in [6.07, 6.45) is 5.20. The Morgan fingerprint density at radius 1 is 1.11 bits per heavy atom. The molecule has 0 radical (unpaired) electrons. The lowest BCUT2D eigenvalue weighted by atomic mass is 9.97. The van der Waals surface area contributed by atoms with E-state index in [4.69, 9.17) is 16.7 Å². The third-order valence-corrected chi connectivity index (χ3v) is 7.49. The molecule has 2 heterocycles. The molecular weight excluding hydrogens is 494 g/mol. The molecule has 4 nitrogen and oxygen atoms in total. The summed E-state index contributed by atoms with van der Waals surface area (Å²) in [5.74, 6) is 0. The van der Waals surface area contributed by atoms with Crippen molar-refractivity contribution in [3.8, 4) is 11.3 Å². The predicted molar refractivity (Wildman–Crippen MR) is 154 cm³/mol. The van der Waals surface area contributed by atoms with Gasteiger partial charge in [0.05, 0.1) is 11.3 Å². The van der Waals surface area contributed by atoms with Crippen LogP contribution >= 0.6 is 35.1 Å². The summed E-state index contributed by atoms with van der Waals surface area (Å²) in [6, 6.07) is 21.1. The molecule has 35 heavy (non-hydrogen) atoms. The average Bonchev–Trinajstić information content (AvgIpc) is 3.58. The van der Waals surface area contributed by atoms with Crippen LogP contribution in [0.3, 0.4) is 0 Å². The van der Waals surface area contributed by atoms with Crippen LogP contribution in [0.25, 0.3) is 21.3 Å². The lowest BCUT2D eigenvalue weighted by Crippen LogP contribution is -2.15. The minimum absolute atomic E-state index is 0.736. The van der Waals surface area contributed by atoms with E-state index in [1.807, 2.05) is 44.2 Å². The van der Waals surface area contributed by atoms with Gasteiger partial charge in [-0.05, 0) is 67.5 Å². The zero-order chi connectivity index (χ0) is 25.4. The van der Waals surface area contributed by atoms with E-state index in [-0.39, 0.29) is 0 Å². The lowest BCUT2D eigenvalue weighted by Gasteiger charge is -2.18. The molecular formula is C28H34ClN3OS2.